The van der Waals surface area contributed by atoms with Gasteiger partial charge in [0.15, 0.2) is 0 Å². The molecule has 0 bridgehead atoms. The molecule has 7 nitrogen and oxygen atoms in total. The number of carbonyl (C=O) groups is 1. The van der Waals surface area contributed by atoms with E-state index >= 15 is 0 Å². The predicted octanol–water partition coefficient (Wildman–Crippen LogP) is 4.23. The number of nitrogens with zero attached hydrogens (tertiary/aromatic N) is 2. The standard InChI is InChI=1S/C24H23N3O4S2/c1-3-30-18-8-15-7-14(2)31-19(15)9-16(18)10-25-21(28)11-27-13-26-23-22(24(27)29)17(12-33-23)20-5-4-6-32-20/h4-6,8-9,12-14H,3,7,10-11H2,1-2H3,(H,25,28). The molecule has 3 aromatic heterocycles. The van der Waals surface area contributed by atoms with Crippen molar-refractivity contribution in [1.82, 2.24) is 14.9 Å². The van der Waals surface area contributed by atoms with E-state index in [0.717, 1.165) is 39.5 Å². The summed E-state index contributed by atoms with van der Waals surface area (Å²) in [6.07, 6.45) is 2.41. The molecule has 1 aliphatic rings. The SMILES string of the molecule is CCOc1cc2c(cc1CNC(=O)Cn1cnc3scc(-c4cccs4)c3c1=O)OC(C)C2. The maximum absolute atomic E-state index is 13.1. The fourth-order valence-electron chi connectivity index (χ4n) is 4.01. The van der Waals surface area contributed by atoms with Crippen LogP contribution < -0.4 is 20.3 Å². The molecule has 1 amide bonds. The number of carbonyl (C=O) groups excluding carboxylic acids is 1. The van der Waals surface area contributed by atoms with Crippen LogP contribution in [0, 0.1) is 0 Å². The van der Waals surface area contributed by atoms with Gasteiger partial charge in [-0.3, -0.25) is 14.2 Å². The van der Waals surface area contributed by atoms with E-state index in [2.05, 4.69) is 10.3 Å². The molecule has 4 aromatic rings. The molecule has 9 heteroatoms. The Morgan fingerprint density at radius 2 is 2.24 bits per heavy atom. The molecule has 5 rings (SSSR count). The van der Waals surface area contributed by atoms with Crippen molar-refractivity contribution in [2.24, 2.45) is 0 Å². The Bertz CT molecular complexity index is 1370. The summed E-state index contributed by atoms with van der Waals surface area (Å²) in [6, 6.07) is 7.86. The van der Waals surface area contributed by atoms with Crippen LogP contribution in [0.15, 0.2) is 46.1 Å². The molecule has 1 atom stereocenters. The highest BCUT2D eigenvalue weighted by atomic mass is 32.1. The molecule has 1 aromatic carbocycles. The smallest absolute Gasteiger partial charge is 0.263 e. The monoisotopic (exact) mass is 481 g/mol. The van der Waals surface area contributed by atoms with E-state index in [0.29, 0.717) is 16.8 Å². The molecule has 1 N–H and O–H groups in total. The average molecular weight is 482 g/mol. The van der Waals surface area contributed by atoms with E-state index < -0.39 is 0 Å². The molecule has 0 radical (unpaired) electrons. The van der Waals surface area contributed by atoms with Gasteiger partial charge in [-0.15, -0.1) is 22.7 Å². The van der Waals surface area contributed by atoms with Gasteiger partial charge in [-0.25, -0.2) is 4.98 Å². The van der Waals surface area contributed by atoms with Crippen molar-refractivity contribution in [2.45, 2.75) is 39.5 Å². The first kappa shape index (κ1) is 21.7. The zero-order chi connectivity index (χ0) is 22.9. The van der Waals surface area contributed by atoms with Gasteiger partial charge >= 0.3 is 0 Å². The minimum Gasteiger partial charge on any atom is -0.494 e. The zero-order valence-electron chi connectivity index (χ0n) is 18.3. The summed E-state index contributed by atoms with van der Waals surface area (Å²) in [6.45, 7) is 4.66. The van der Waals surface area contributed by atoms with Crippen molar-refractivity contribution in [3.05, 3.63) is 62.8 Å². The summed E-state index contributed by atoms with van der Waals surface area (Å²) < 4.78 is 13.0. The average Bonchev–Trinajstić information content (AvgIpc) is 3.53. The molecule has 170 valence electrons. The van der Waals surface area contributed by atoms with Crippen molar-refractivity contribution in [2.75, 3.05) is 6.61 Å². The normalized spacial score (nSPS) is 14.8. The molecule has 0 aliphatic carbocycles. The lowest BCUT2D eigenvalue weighted by Crippen LogP contribution is -2.32. The van der Waals surface area contributed by atoms with E-state index in [9.17, 15) is 9.59 Å². The van der Waals surface area contributed by atoms with E-state index in [1.54, 1.807) is 11.3 Å². The third-order valence-electron chi connectivity index (χ3n) is 5.52. The number of hydrogen-bond acceptors (Lipinski definition) is 7. The number of hydrogen-bond donors (Lipinski definition) is 1. The number of thiophene rings is 2. The van der Waals surface area contributed by atoms with Crippen LogP contribution in [0.25, 0.3) is 20.7 Å². The second kappa shape index (κ2) is 8.99. The maximum Gasteiger partial charge on any atom is 0.263 e. The van der Waals surface area contributed by atoms with Crippen molar-refractivity contribution in [1.29, 1.82) is 0 Å². The molecule has 0 saturated carbocycles. The topological polar surface area (TPSA) is 82.5 Å². The largest absolute Gasteiger partial charge is 0.494 e. The van der Waals surface area contributed by atoms with E-state index in [1.807, 2.05) is 48.9 Å². The summed E-state index contributed by atoms with van der Waals surface area (Å²) in [5.74, 6) is 1.30. The van der Waals surface area contributed by atoms with Gasteiger partial charge in [0.2, 0.25) is 5.91 Å². The van der Waals surface area contributed by atoms with Gasteiger partial charge in [-0.05, 0) is 37.4 Å². The Morgan fingerprint density at radius 3 is 3.03 bits per heavy atom. The van der Waals surface area contributed by atoms with Crippen LogP contribution in [0.3, 0.4) is 0 Å². The third-order valence-corrected chi connectivity index (χ3v) is 7.31. The minimum atomic E-state index is -0.275. The van der Waals surface area contributed by atoms with Gasteiger partial charge in [0.1, 0.15) is 29.0 Å². The molecule has 33 heavy (non-hydrogen) atoms. The van der Waals surface area contributed by atoms with Crippen molar-refractivity contribution in [3.63, 3.8) is 0 Å². The molecular formula is C24H23N3O4S2. The Morgan fingerprint density at radius 1 is 1.36 bits per heavy atom. The second-order valence-electron chi connectivity index (χ2n) is 7.89. The molecular weight excluding hydrogens is 458 g/mol. The predicted molar refractivity (Wildman–Crippen MR) is 130 cm³/mol. The lowest BCUT2D eigenvalue weighted by atomic mass is 10.1. The molecule has 1 aliphatic heterocycles. The Balaban J connectivity index is 1.34. The minimum absolute atomic E-state index is 0.107. The van der Waals surface area contributed by atoms with E-state index in [4.69, 9.17) is 9.47 Å². The van der Waals surface area contributed by atoms with Gasteiger partial charge in [0.25, 0.3) is 5.56 Å². The first-order valence-electron chi connectivity index (χ1n) is 10.8. The van der Waals surface area contributed by atoms with Crippen LogP contribution in [0.1, 0.15) is 25.0 Å². The Labute approximate surface area is 198 Å². The van der Waals surface area contributed by atoms with E-state index in [1.165, 1.54) is 22.2 Å². The van der Waals surface area contributed by atoms with Crippen molar-refractivity contribution >= 4 is 38.8 Å². The van der Waals surface area contributed by atoms with Crippen molar-refractivity contribution in [3.8, 4) is 21.9 Å². The first-order valence-corrected chi connectivity index (χ1v) is 12.5. The second-order valence-corrected chi connectivity index (χ2v) is 9.70. The molecule has 0 spiro atoms. The van der Waals surface area contributed by atoms with Gasteiger partial charge in [-0.2, -0.15) is 0 Å². The highest BCUT2D eigenvalue weighted by molar-refractivity contribution is 7.18. The lowest BCUT2D eigenvalue weighted by Gasteiger charge is -2.14. The highest BCUT2D eigenvalue weighted by Crippen LogP contribution is 2.35. The maximum atomic E-state index is 13.1. The van der Waals surface area contributed by atoms with Crippen LogP contribution >= 0.6 is 22.7 Å². The van der Waals surface area contributed by atoms with Crippen LogP contribution in [0.4, 0.5) is 0 Å². The van der Waals surface area contributed by atoms with E-state index in [-0.39, 0.29) is 30.7 Å². The summed E-state index contributed by atoms with van der Waals surface area (Å²) in [7, 11) is 0. The third kappa shape index (κ3) is 4.26. The summed E-state index contributed by atoms with van der Waals surface area (Å²) in [4.78, 5) is 31.9. The molecule has 4 heterocycles. The van der Waals surface area contributed by atoms with Gasteiger partial charge in [-0.1, -0.05) is 6.07 Å². The number of rotatable bonds is 7. The molecule has 0 fully saturated rings. The first-order chi connectivity index (χ1) is 16.0. The fourth-order valence-corrected chi connectivity index (χ4v) is 5.73. The van der Waals surface area contributed by atoms with Gasteiger partial charge in [0, 0.05) is 39.9 Å². The number of nitrogens with one attached hydrogen (secondary N) is 1. The summed E-state index contributed by atoms with van der Waals surface area (Å²) in [5, 5.41) is 7.38. The number of fused-ring (bicyclic) bond motifs is 2. The number of aromatic nitrogens is 2. The number of amides is 1. The zero-order valence-corrected chi connectivity index (χ0v) is 19.9. The number of benzene rings is 1. The van der Waals surface area contributed by atoms with Crippen LogP contribution in [-0.2, 0) is 24.3 Å². The van der Waals surface area contributed by atoms with Crippen molar-refractivity contribution < 1.29 is 14.3 Å². The van der Waals surface area contributed by atoms with Crippen LogP contribution in [-0.4, -0.2) is 28.2 Å². The molecule has 0 saturated heterocycles. The summed E-state index contributed by atoms with van der Waals surface area (Å²) >= 11 is 3.01. The summed E-state index contributed by atoms with van der Waals surface area (Å²) in [5.41, 5.74) is 2.61. The Kier molecular flexibility index (Phi) is 5.90. The van der Waals surface area contributed by atoms with Gasteiger partial charge < -0.3 is 14.8 Å². The number of ether oxygens (including phenoxy) is 2. The Hall–Kier alpha value is -3.17. The lowest BCUT2D eigenvalue weighted by molar-refractivity contribution is -0.121. The highest BCUT2D eigenvalue weighted by Gasteiger charge is 2.22. The van der Waals surface area contributed by atoms with Crippen LogP contribution in [0.5, 0.6) is 11.5 Å². The van der Waals surface area contributed by atoms with Gasteiger partial charge in [0.05, 0.1) is 18.3 Å². The van der Waals surface area contributed by atoms with Crippen LogP contribution in [0.2, 0.25) is 0 Å². The fraction of sp³-hybridized carbons (Fsp3) is 0.292. The molecule has 1 unspecified atom stereocenters. The quantitative estimate of drug-likeness (QED) is 0.427.